The van der Waals surface area contributed by atoms with Gasteiger partial charge in [-0.1, -0.05) is 18.2 Å². The van der Waals surface area contributed by atoms with Crippen LogP contribution < -0.4 is 10.6 Å². The van der Waals surface area contributed by atoms with Crippen LogP contribution in [0.15, 0.2) is 24.3 Å². The lowest BCUT2D eigenvalue weighted by Gasteiger charge is -2.27. The minimum atomic E-state index is -0.114. The number of benzene rings is 1. The van der Waals surface area contributed by atoms with Crippen molar-refractivity contribution >= 4 is 22.8 Å². The molecule has 0 bridgehead atoms. The van der Waals surface area contributed by atoms with E-state index in [9.17, 15) is 9.59 Å². The second-order valence-electron chi connectivity index (χ2n) is 6.50. The number of para-hydroxylation sites is 1. The van der Waals surface area contributed by atoms with E-state index in [4.69, 9.17) is 0 Å². The first kappa shape index (κ1) is 16.4. The van der Waals surface area contributed by atoms with E-state index < -0.39 is 0 Å². The molecule has 0 unspecified atom stereocenters. The number of hydrogen-bond acceptors (Lipinski definition) is 2. The summed E-state index contributed by atoms with van der Waals surface area (Å²) in [5.41, 5.74) is 3.54. The highest BCUT2D eigenvalue weighted by Crippen LogP contribution is 2.27. The van der Waals surface area contributed by atoms with E-state index in [-0.39, 0.29) is 18.0 Å². The van der Waals surface area contributed by atoms with E-state index in [2.05, 4.69) is 27.8 Å². The van der Waals surface area contributed by atoms with Crippen LogP contribution in [0.3, 0.4) is 0 Å². The molecule has 1 aromatic heterocycles. The predicted molar refractivity (Wildman–Crippen MR) is 93.7 cm³/mol. The molecule has 2 aromatic rings. The van der Waals surface area contributed by atoms with Crippen molar-refractivity contribution in [2.75, 3.05) is 13.1 Å². The quantitative estimate of drug-likeness (QED) is 0.804. The molecule has 0 saturated heterocycles. The first-order valence-corrected chi connectivity index (χ1v) is 8.45. The average molecular weight is 328 g/mol. The number of rotatable bonds is 4. The number of carbonyl (C=O) groups is 2. The molecular weight excluding hydrogens is 304 g/mol. The second kappa shape index (κ2) is 6.95. The summed E-state index contributed by atoms with van der Waals surface area (Å²) in [5.74, 6) is -0.0400. The molecule has 0 radical (unpaired) electrons. The lowest BCUT2D eigenvalue weighted by atomic mass is 10.0. The van der Waals surface area contributed by atoms with Gasteiger partial charge in [0.05, 0.1) is 6.54 Å². The maximum Gasteiger partial charge on any atom is 0.317 e. The number of amides is 3. The van der Waals surface area contributed by atoms with Crippen molar-refractivity contribution < 1.29 is 9.59 Å². The maximum absolute atomic E-state index is 12.3. The summed E-state index contributed by atoms with van der Waals surface area (Å²) in [6.07, 6.45) is 1.15. The standard InChI is InChI=1S/C18H24N4O2/c1-12(2)20-17(23)7-9-19-18(24)22-10-8-14-13-5-3-4-6-15(13)21-16(14)11-22/h3-6,12,21H,7-11H2,1-2H3,(H,19,24)(H,20,23). The van der Waals surface area contributed by atoms with Gasteiger partial charge in [0.1, 0.15) is 0 Å². The zero-order valence-corrected chi connectivity index (χ0v) is 14.2. The first-order valence-electron chi connectivity index (χ1n) is 8.45. The third-order valence-corrected chi connectivity index (χ3v) is 4.25. The molecule has 0 spiro atoms. The zero-order chi connectivity index (χ0) is 17.1. The highest BCUT2D eigenvalue weighted by molar-refractivity contribution is 5.85. The number of urea groups is 1. The molecule has 3 rings (SSSR count). The number of aromatic amines is 1. The van der Waals surface area contributed by atoms with Crippen molar-refractivity contribution in [2.24, 2.45) is 0 Å². The first-order chi connectivity index (χ1) is 11.5. The largest absolute Gasteiger partial charge is 0.357 e. The number of H-pyrrole nitrogens is 1. The molecule has 6 heteroatoms. The van der Waals surface area contributed by atoms with Crippen molar-refractivity contribution in [3.05, 3.63) is 35.5 Å². The Morgan fingerprint density at radius 2 is 2.08 bits per heavy atom. The average Bonchev–Trinajstić information content (AvgIpc) is 2.91. The summed E-state index contributed by atoms with van der Waals surface area (Å²) in [6, 6.07) is 8.24. The van der Waals surface area contributed by atoms with Crippen LogP contribution >= 0.6 is 0 Å². The van der Waals surface area contributed by atoms with Gasteiger partial charge >= 0.3 is 6.03 Å². The van der Waals surface area contributed by atoms with Crippen molar-refractivity contribution in [2.45, 2.75) is 39.3 Å². The Balaban J connectivity index is 1.55. The molecular formula is C18H24N4O2. The van der Waals surface area contributed by atoms with Gasteiger partial charge in [-0.25, -0.2) is 4.79 Å². The topological polar surface area (TPSA) is 77.2 Å². The lowest BCUT2D eigenvalue weighted by molar-refractivity contribution is -0.121. The number of fused-ring (bicyclic) bond motifs is 3. The normalized spacial score (nSPS) is 13.9. The monoisotopic (exact) mass is 328 g/mol. The molecule has 6 nitrogen and oxygen atoms in total. The second-order valence-corrected chi connectivity index (χ2v) is 6.50. The Bertz CT molecular complexity index is 751. The number of nitrogens with zero attached hydrogens (tertiary/aromatic N) is 1. The van der Waals surface area contributed by atoms with E-state index in [1.54, 1.807) is 4.90 Å². The van der Waals surface area contributed by atoms with Gasteiger partial charge in [-0.15, -0.1) is 0 Å². The van der Waals surface area contributed by atoms with Gasteiger partial charge in [0, 0.05) is 42.1 Å². The molecule has 0 saturated carbocycles. The smallest absolute Gasteiger partial charge is 0.317 e. The van der Waals surface area contributed by atoms with Gasteiger partial charge < -0.3 is 20.5 Å². The number of hydrogen-bond donors (Lipinski definition) is 3. The van der Waals surface area contributed by atoms with E-state index in [1.165, 1.54) is 10.9 Å². The highest BCUT2D eigenvalue weighted by Gasteiger charge is 2.23. The van der Waals surface area contributed by atoms with Crippen molar-refractivity contribution in [3.8, 4) is 0 Å². The minimum Gasteiger partial charge on any atom is -0.357 e. The van der Waals surface area contributed by atoms with Gasteiger partial charge in [0.15, 0.2) is 0 Å². The van der Waals surface area contributed by atoms with Crippen LogP contribution in [0.1, 0.15) is 31.5 Å². The SMILES string of the molecule is CC(C)NC(=O)CCNC(=O)N1CCc2c([nH]c3ccccc23)C1. The van der Waals surface area contributed by atoms with E-state index in [0.29, 0.717) is 26.1 Å². The zero-order valence-electron chi connectivity index (χ0n) is 14.2. The fraction of sp³-hybridized carbons (Fsp3) is 0.444. The molecule has 24 heavy (non-hydrogen) atoms. The Kier molecular flexibility index (Phi) is 4.74. The molecule has 1 aliphatic heterocycles. The lowest BCUT2D eigenvalue weighted by Crippen LogP contribution is -2.44. The fourth-order valence-electron chi connectivity index (χ4n) is 3.16. The van der Waals surface area contributed by atoms with Gasteiger partial charge in [0.2, 0.25) is 5.91 Å². The van der Waals surface area contributed by atoms with Crippen molar-refractivity contribution in [1.29, 1.82) is 0 Å². The third kappa shape index (κ3) is 3.53. The molecule has 1 aliphatic rings. The molecule has 1 aromatic carbocycles. The number of aromatic nitrogens is 1. The van der Waals surface area contributed by atoms with Crippen molar-refractivity contribution in [1.82, 2.24) is 20.5 Å². The summed E-state index contributed by atoms with van der Waals surface area (Å²) < 4.78 is 0. The summed E-state index contributed by atoms with van der Waals surface area (Å²) in [7, 11) is 0. The van der Waals surface area contributed by atoms with Crippen LogP contribution in [0, 0.1) is 0 Å². The molecule has 128 valence electrons. The van der Waals surface area contributed by atoms with Gasteiger partial charge in [-0.3, -0.25) is 4.79 Å². The van der Waals surface area contributed by atoms with E-state index in [0.717, 1.165) is 17.6 Å². The van der Waals surface area contributed by atoms with E-state index >= 15 is 0 Å². The number of nitrogens with one attached hydrogen (secondary N) is 3. The molecule has 3 N–H and O–H groups in total. The minimum absolute atomic E-state index is 0.0400. The summed E-state index contributed by atoms with van der Waals surface area (Å²) >= 11 is 0. The summed E-state index contributed by atoms with van der Waals surface area (Å²) in [4.78, 5) is 29.1. The maximum atomic E-state index is 12.3. The van der Waals surface area contributed by atoms with Crippen LogP contribution in [-0.2, 0) is 17.8 Å². The van der Waals surface area contributed by atoms with Gasteiger partial charge in [-0.05, 0) is 31.9 Å². The Morgan fingerprint density at radius 3 is 2.88 bits per heavy atom. The fourth-order valence-corrected chi connectivity index (χ4v) is 3.16. The Morgan fingerprint density at radius 1 is 1.29 bits per heavy atom. The van der Waals surface area contributed by atoms with Crippen LogP contribution in [0.5, 0.6) is 0 Å². The Labute approximate surface area is 141 Å². The van der Waals surface area contributed by atoms with Gasteiger partial charge in [0.25, 0.3) is 0 Å². The van der Waals surface area contributed by atoms with E-state index in [1.807, 2.05) is 26.0 Å². The molecule has 0 fully saturated rings. The van der Waals surface area contributed by atoms with Gasteiger partial charge in [-0.2, -0.15) is 0 Å². The van der Waals surface area contributed by atoms with Crippen LogP contribution in [0.4, 0.5) is 4.79 Å². The van der Waals surface area contributed by atoms with Crippen molar-refractivity contribution in [3.63, 3.8) is 0 Å². The Hall–Kier alpha value is -2.50. The third-order valence-electron chi connectivity index (χ3n) is 4.25. The summed E-state index contributed by atoms with van der Waals surface area (Å²) in [6.45, 7) is 5.46. The molecule has 3 amide bonds. The molecule has 0 aliphatic carbocycles. The highest BCUT2D eigenvalue weighted by atomic mass is 16.2. The summed E-state index contributed by atoms with van der Waals surface area (Å²) in [5, 5.41) is 6.90. The number of carbonyl (C=O) groups excluding carboxylic acids is 2. The molecule has 2 heterocycles. The van der Waals surface area contributed by atoms with Crippen LogP contribution in [0.25, 0.3) is 10.9 Å². The predicted octanol–water partition coefficient (Wildman–Crippen LogP) is 2.15. The molecule has 0 atom stereocenters. The van der Waals surface area contributed by atoms with Crippen LogP contribution in [0.2, 0.25) is 0 Å². The van der Waals surface area contributed by atoms with Crippen LogP contribution in [-0.4, -0.2) is 41.0 Å².